The van der Waals surface area contributed by atoms with E-state index in [4.69, 9.17) is 0 Å². The number of rotatable bonds is 6. The van der Waals surface area contributed by atoms with Crippen molar-refractivity contribution in [2.24, 2.45) is 0 Å². The van der Waals surface area contributed by atoms with Crippen molar-refractivity contribution in [3.63, 3.8) is 0 Å². The third-order valence-electron chi connectivity index (χ3n) is 12.2. The smallest absolute Gasteiger partial charge is 0.0783 e. The van der Waals surface area contributed by atoms with Gasteiger partial charge in [0.15, 0.2) is 0 Å². The first-order valence-electron chi connectivity index (χ1n) is 24.2. The monoisotopic (exact) mass is 1390 g/mol. The van der Waals surface area contributed by atoms with Crippen LogP contribution in [0.15, 0.2) is 195 Å². The fourth-order valence-electron chi connectivity index (χ4n) is 8.54. The predicted molar refractivity (Wildman–Crippen MR) is 315 cm³/mol. The van der Waals surface area contributed by atoms with Gasteiger partial charge >= 0.3 is 0 Å². The third kappa shape index (κ3) is 13.1. The number of thiophene rings is 2. The molecular formula is C64H56Ir2N4S2Si2-4. The van der Waals surface area contributed by atoms with Crippen LogP contribution in [0.3, 0.4) is 0 Å². The maximum atomic E-state index is 4.65. The largest absolute Gasteiger partial charge is 0.305 e. The van der Waals surface area contributed by atoms with E-state index in [1.165, 1.54) is 56.7 Å². The van der Waals surface area contributed by atoms with Gasteiger partial charge in [0.05, 0.1) is 8.07 Å². The predicted octanol–water partition coefficient (Wildman–Crippen LogP) is 16.6. The zero-order chi connectivity index (χ0) is 50.2. The number of pyridine rings is 4. The van der Waals surface area contributed by atoms with Crippen molar-refractivity contribution >= 4 is 89.5 Å². The molecule has 0 spiro atoms. The van der Waals surface area contributed by atoms with Crippen LogP contribution in [0, 0.1) is 38.1 Å². The molecule has 0 saturated heterocycles. The molecule has 0 atom stereocenters. The van der Waals surface area contributed by atoms with Gasteiger partial charge < -0.3 is 19.9 Å². The van der Waals surface area contributed by atoms with Crippen LogP contribution in [0.2, 0.25) is 39.3 Å². The van der Waals surface area contributed by atoms with E-state index in [0.717, 1.165) is 45.0 Å². The van der Waals surface area contributed by atoms with Crippen molar-refractivity contribution in [1.29, 1.82) is 0 Å². The van der Waals surface area contributed by atoms with Crippen LogP contribution >= 0.6 is 22.7 Å². The first-order chi connectivity index (χ1) is 34.8. The molecule has 0 aliphatic rings. The van der Waals surface area contributed by atoms with E-state index in [-0.39, 0.29) is 40.2 Å². The van der Waals surface area contributed by atoms with Crippen molar-refractivity contribution in [2.75, 3.05) is 0 Å². The molecule has 0 N–H and O–H groups in total. The standard InChI is InChI=1S/2C21H20NSSi.2C11H8N.2Ir/c1-14-11-12-17(22-13-14)15-7-5-8-16-20-18(23-21(15)16)9-6-10-19(20)24(2,3)4;1-14-9-11-17(22-13-14)15-10-12-19(24(2,3)4)20-16-7-5-6-8-18(16)23-21(15)20;2*1-2-6-10(7-3-1)11-8-4-5-9-12-11;;/h5-6,8-13H,1-4H3;5-9,11-13H,1-4H3;2*1-6,8-9H;;/q4*-1;;. The van der Waals surface area contributed by atoms with Gasteiger partial charge in [-0.15, -0.1) is 118 Å². The number of aryl methyl sites for hydroxylation is 2. The van der Waals surface area contributed by atoms with E-state index >= 15 is 0 Å². The molecule has 12 rings (SSSR count). The first-order valence-corrected chi connectivity index (χ1v) is 32.8. The molecular weight excluding hydrogens is 1330 g/mol. The molecule has 0 aliphatic heterocycles. The average Bonchev–Trinajstić information content (AvgIpc) is 4.00. The summed E-state index contributed by atoms with van der Waals surface area (Å²) in [6.07, 6.45) is 7.45. The van der Waals surface area contributed by atoms with Gasteiger partial charge in [-0.25, -0.2) is 0 Å². The number of nitrogens with zero attached hydrogens (tertiary/aromatic N) is 4. The Labute approximate surface area is 473 Å². The Morgan fingerprint density at radius 3 is 1.43 bits per heavy atom. The topological polar surface area (TPSA) is 51.6 Å². The minimum absolute atomic E-state index is 0. The van der Waals surface area contributed by atoms with Crippen molar-refractivity contribution in [1.82, 2.24) is 19.9 Å². The van der Waals surface area contributed by atoms with Crippen molar-refractivity contribution in [2.45, 2.75) is 53.1 Å². The molecule has 0 saturated carbocycles. The quantitative estimate of drug-likeness (QED) is 0.123. The van der Waals surface area contributed by atoms with Gasteiger partial charge in [0.1, 0.15) is 0 Å². The summed E-state index contributed by atoms with van der Waals surface area (Å²) in [5, 5.41) is 8.62. The number of benzene rings is 6. The summed E-state index contributed by atoms with van der Waals surface area (Å²) in [5.41, 5.74) is 10.7. The van der Waals surface area contributed by atoms with Gasteiger partial charge in [0, 0.05) is 82.5 Å². The Balaban J connectivity index is 0.000000150. The number of fused-ring (bicyclic) bond motifs is 6. The summed E-state index contributed by atoms with van der Waals surface area (Å²) in [6.45, 7) is 18.6. The van der Waals surface area contributed by atoms with Crippen LogP contribution in [-0.2, 0) is 40.2 Å². The summed E-state index contributed by atoms with van der Waals surface area (Å²) < 4.78 is 5.35. The van der Waals surface area contributed by atoms with E-state index in [2.05, 4.69) is 176 Å². The van der Waals surface area contributed by atoms with Crippen LogP contribution < -0.4 is 10.4 Å². The maximum absolute atomic E-state index is 4.65. The van der Waals surface area contributed by atoms with Crippen LogP contribution in [-0.4, -0.2) is 36.1 Å². The van der Waals surface area contributed by atoms with Crippen molar-refractivity contribution in [3.05, 3.63) is 230 Å². The zero-order valence-corrected chi connectivity index (χ0v) is 51.2. The zero-order valence-electron chi connectivity index (χ0n) is 42.7. The van der Waals surface area contributed by atoms with Gasteiger partial charge in [-0.3, -0.25) is 0 Å². The summed E-state index contributed by atoms with van der Waals surface area (Å²) in [5.74, 6) is 0. The molecule has 374 valence electrons. The van der Waals surface area contributed by atoms with E-state index in [1.54, 1.807) is 17.6 Å². The summed E-state index contributed by atoms with van der Waals surface area (Å²) in [4.78, 5) is 17.7. The Morgan fingerprint density at radius 1 is 0.392 bits per heavy atom. The fraction of sp³-hybridized carbons (Fsp3) is 0.125. The number of aromatic nitrogens is 4. The van der Waals surface area contributed by atoms with Crippen molar-refractivity contribution < 1.29 is 40.2 Å². The third-order valence-corrected chi connectivity index (χ3v) is 18.6. The minimum Gasteiger partial charge on any atom is -0.305 e. The first kappa shape index (κ1) is 55.8. The van der Waals surface area contributed by atoms with Gasteiger partial charge in [-0.05, 0) is 92.2 Å². The molecule has 6 aromatic carbocycles. The van der Waals surface area contributed by atoms with Gasteiger partial charge in [0.25, 0.3) is 0 Å². The van der Waals surface area contributed by atoms with E-state index in [0.29, 0.717) is 0 Å². The Hall–Kier alpha value is -5.91. The molecule has 0 unspecified atom stereocenters. The van der Waals surface area contributed by atoms with E-state index in [9.17, 15) is 0 Å². The van der Waals surface area contributed by atoms with Gasteiger partial charge in [-0.2, -0.15) is 22.7 Å². The molecule has 2 radical (unpaired) electrons. The second-order valence-electron chi connectivity index (χ2n) is 19.7. The maximum Gasteiger partial charge on any atom is 0.0783 e. The summed E-state index contributed by atoms with van der Waals surface area (Å²) in [6, 6.07) is 71.1. The minimum atomic E-state index is -1.46. The molecule has 0 bridgehead atoms. The molecule has 6 aromatic heterocycles. The molecule has 4 nitrogen and oxygen atoms in total. The SMILES string of the molecule is Cc1ccc(-c2[c-]cc([Si](C)(C)C)c3c2sc2ccccc23)nc1.Cc1ccc(-c2[c-]ccc3c2sc2cccc([Si](C)(C)C)c23)nc1.[Ir].[Ir].[c-]1ccccc1-c1ccccn1.[c-]1ccccc1-c1ccccn1. The molecule has 0 amide bonds. The van der Waals surface area contributed by atoms with Gasteiger partial charge in [0.2, 0.25) is 0 Å². The Morgan fingerprint density at radius 2 is 0.919 bits per heavy atom. The van der Waals surface area contributed by atoms with Gasteiger partial charge in [-0.1, -0.05) is 134 Å². The Kier molecular flexibility index (Phi) is 18.9. The fourth-order valence-corrected chi connectivity index (χ4v) is 14.3. The Bertz CT molecular complexity index is 3560. The van der Waals surface area contributed by atoms with Crippen LogP contribution in [0.25, 0.3) is 85.4 Å². The van der Waals surface area contributed by atoms with Crippen LogP contribution in [0.1, 0.15) is 11.1 Å². The average molecular weight is 1390 g/mol. The molecule has 0 fully saturated rings. The van der Waals surface area contributed by atoms with Crippen LogP contribution in [0.5, 0.6) is 0 Å². The van der Waals surface area contributed by atoms with E-state index < -0.39 is 16.1 Å². The molecule has 10 heteroatoms. The number of hydrogen-bond donors (Lipinski definition) is 0. The molecule has 0 aliphatic carbocycles. The second kappa shape index (κ2) is 25.1. The van der Waals surface area contributed by atoms with Crippen LogP contribution in [0.4, 0.5) is 0 Å². The normalized spacial score (nSPS) is 11.0. The number of hydrogen-bond acceptors (Lipinski definition) is 6. The molecule has 74 heavy (non-hydrogen) atoms. The van der Waals surface area contributed by atoms with E-state index in [1.807, 2.05) is 126 Å². The second-order valence-corrected chi connectivity index (χ2v) is 31.9. The summed E-state index contributed by atoms with van der Waals surface area (Å²) >= 11 is 3.74. The summed E-state index contributed by atoms with van der Waals surface area (Å²) in [7, 11) is -2.86. The van der Waals surface area contributed by atoms with Crippen molar-refractivity contribution in [3.8, 4) is 45.0 Å². The molecule has 12 aromatic rings. The molecule has 6 heterocycles.